The van der Waals surface area contributed by atoms with E-state index >= 15 is 0 Å². The number of anilines is 1. The third-order valence-electron chi connectivity index (χ3n) is 3.82. The number of rotatable bonds is 6. The number of hydrogen-bond donors (Lipinski definition) is 1. The fourth-order valence-electron chi connectivity index (χ4n) is 2.52. The zero-order chi connectivity index (χ0) is 13.4. The Kier molecular flexibility index (Phi) is 3.48. The lowest BCUT2D eigenvalue weighted by Crippen LogP contribution is -2.24. The molecule has 1 heterocycles. The van der Waals surface area contributed by atoms with Crippen LogP contribution >= 0.6 is 11.3 Å². The van der Waals surface area contributed by atoms with Crippen LogP contribution in [0.3, 0.4) is 0 Å². The van der Waals surface area contributed by atoms with Gasteiger partial charge in [0.1, 0.15) is 0 Å². The Balaban J connectivity index is 1.70. The second kappa shape index (κ2) is 5.12. The lowest BCUT2D eigenvalue weighted by molar-refractivity contribution is 0.0519. The van der Waals surface area contributed by atoms with Crippen molar-refractivity contribution in [2.45, 2.75) is 45.6 Å². The summed E-state index contributed by atoms with van der Waals surface area (Å²) in [6, 6.07) is 0.570. The Labute approximate surface area is 117 Å². The zero-order valence-corrected chi connectivity index (χ0v) is 12.3. The average Bonchev–Trinajstić information content (AvgIpc) is 3.25. The molecule has 3 rings (SSSR count). The normalized spacial score (nSPS) is 18.7. The number of aryl methyl sites for hydroxylation is 1. The van der Waals surface area contributed by atoms with Gasteiger partial charge in [-0.25, -0.2) is 9.78 Å². The van der Waals surface area contributed by atoms with E-state index in [1.165, 1.54) is 25.7 Å². The van der Waals surface area contributed by atoms with Crippen LogP contribution in [0.2, 0.25) is 0 Å². The molecule has 5 heteroatoms. The van der Waals surface area contributed by atoms with Gasteiger partial charge in [-0.15, -0.1) is 11.3 Å². The molecule has 0 aliphatic heterocycles. The topological polar surface area (TPSA) is 51.2 Å². The summed E-state index contributed by atoms with van der Waals surface area (Å²) in [6.45, 7) is 4.14. The molecule has 2 aliphatic rings. The predicted octanol–water partition coefficient (Wildman–Crippen LogP) is 3.23. The molecule has 19 heavy (non-hydrogen) atoms. The maximum atomic E-state index is 11.8. The van der Waals surface area contributed by atoms with Gasteiger partial charge < -0.3 is 10.1 Å². The molecule has 1 aromatic rings. The summed E-state index contributed by atoms with van der Waals surface area (Å²) in [6.07, 6.45) is 5.35. The Morgan fingerprint density at radius 3 is 2.58 bits per heavy atom. The van der Waals surface area contributed by atoms with Crippen molar-refractivity contribution in [1.29, 1.82) is 0 Å². The van der Waals surface area contributed by atoms with Crippen molar-refractivity contribution in [3.63, 3.8) is 0 Å². The van der Waals surface area contributed by atoms with Gasteiger partial charge in [0.05, 0.1) is 6.61 Å². The lowest BCUT2D eigenvalue weighted by atomic mass is 10.1. The molecule has 1 aromatic heterocycles. The van der Waals surface area contributed by atoms with Crippen LogP contribution in [0.15, 0.2) is 0 Å². The largest absolute Gasteiger partial charge is 0.461 e. The van der Waals surface area contributed by atoms with Crippen molar-refractivity contribution in [1.82, 2.24) is 4.98 Å². The average molecular weight is 280 g/mol. The third-order valence-corrected chi connectivity index (χ3v) is 4.72. The number of aromatic nitrogens is 1. The summed E-state index contributed by atoms with van der Waals surface area (Å²) in [5.41, 5.74) is 0.472. The predicted molar refractivity (Wildman–Crippen MR) is 75.7 cm³/mol. The van der Waals surface area contributed by atoms with Crippen molar-refractivity contribution >= 4 is 22.4 Å². The first kappa shape index (κ1) is 12.9. The number of hydrogen-bond acceptors (Lipinski definition) is 5. The Bertz CT molecular complexity index is 466. The molecule has 2 aliphatic carbocycles. The number of esters is 1. The maximum Gasteiger partial charge on any atom is 0.358 e. The van der Waals surface area contributed by atoms with Gasteiger partial charge >= 0.3 is 5.97 Å². The van der Waals surface area contributed by atoms with Crippen LogP contribution in [0.1, 0.15) is 48.0 Å². The third kappa shape index (κ3) is 2.91. The highest BCUT2D eigenvalue weighted by Gasteiger charge is 2.41. The highest BCUT2D eigenvalue weighted by molar-refractivity contribution is 7.15. The van der Waals surface area contributed by atoms with Gasteiger partial charge in [0.2, 0.25) is 0 Å². The first-order valence-corrected chi connectivity index (χ1v) is 7.91. The van der Waals surface area contributed by atoms with Crippen molar-refractivity contribution in [3.8, 4) is 0 Å². The fourth-order valence-corrected chi connectivity index (χ4v) is 3.37. The Morgan fingerprint density at radius 2 is 2.05 bits per heavy atom. The summed E-state index contributed by atoms with van der Waals surface area (Å²) in [7, 11) is 0. The highest BCUT2D eigenvalue weighted by Crippen LogP contribution is 2.46. The van der Waals surface area contributed by atoms with Gasteiger partial charge in [-0.2, -0.15) is 0 Å². The molecule has 0 bridgehead atoms. The van der Waals surface area contributed by atoms with E-state index in [4.69, 9.17) is 4.74 Å². The number of carbonyl (C=O) groups is 1. The van der Waals surface area contributed by atoms with Crippen molar-refractivity contribution < 1.29 is 9.53 Å². The van der Waals surface area contributed by atoms with Crippen molar-refractivity contribution in [2.75, 3.05) is 11.9 Å². The van der Waals surface area contributed by atoms with E-state index in [1.807, 2.05) is 13.8 Å². The van der Waals surface area contributed by atoms with E-state index in [2.05, 4.69) is 10.3 Å². The van der Waals surface area contributed by atoms with Gasteiger partial charge in [0.15, 0.2) is 10.8 Å². The monoisotopic (exact) mass is 280 g/mol. The van der Waals surface area contributed by atoms with E-state index in [0.717, 1.165) is 21.8 Å². The van der Waals surface area contributed by atoms with Gasteiger partial charge in [0.25, 0.3) is 0 Å². The number of carbonyl (C=O) groups excluding carboxylic acids is 1. The van der Waals surface area contributed by atoms with Crippen LogP contribution in [0, 0.1) is 18.8 Å². The van der Waals surface area contributed by atoms with E-state index in [1.54, 1.807) is 11.3 Å². The molecule has 0 atom stereocenters. The summed E-state index contributed by atoms with van der Waals surface area (Å²) >= 11 is 1.56. The zero-order valence-electron chi connectivity index (χ0n) is 11.4. The summed E-state index contributed by atoms with van der Waals surface area (Å²) in [4.78, 5) is 17.1. The molecule has 1 N–H and O–H groups in total. The van der Waals surface area contributed by atoms with E-state index in [9.17, 15) is 4.79 Å². The van der Waals surface area contributed by atoms with Crippen LogP contribution in [-0.4, -0.2) is 23.6 Å². The molecular weight excluding hydrogens is 260 g/mol. The number of thiazole rings is 1. The summed E-state index contributed by atoms with van der Waals surface area (Å²) in [5.74, 6) is 1.34. The first-order valence-electron chi connectivity index (χ1n) is 7.10. The van der Waals surface area contributed by atoms with Gasteiger partial charge in [-0.05, 0) is 51.4 Å². The molecule has 0 unspecified atom stereocenters. The second-order valence-electron chi connectivity index (χ2n) is 5.49. The van der Waals surface area contributed by atoms with Gasteiger partial charge in [-0.3, -0.25) is 0 Å². The molecule has 2 fully saturated rings. The molecule has 0 saturated heterocycles. The quantitative estimate of drug-likeness (QED) is 0.813. The minimum Gasteiger partial charge on any atom is -0.461 e. The Hall–Kier alpha value is -1.10. The molecule has 0 amide bonds. The van der Waals surface area contributed by atoms with Crippen LogP contribution in [0.4, 0.5) is 5.13 Å². The van der Waals surface area contributed by atoms with E-state index in [0.29, 0.717) is 18.3 Å². The first-order chi connectivity index (χ1) is 9.19. The fraction of sp³-hybridized carbons (Fsp3) is 0.714. The molecule has 0 spiro atoms. The Morgan fingerprint density at radius 1 is 1.42 bits per heavy atom. The minimum atomic E-state index is -0.307. The SMILES string of the molecule is CCOC(=O)c1nc(NC(C2CC2)C2CC2)sc1C. The lowest BCUT2D eigenvalue weighted by Gasteiger charge is -2.16. The van der Waals surface area contributed by atoms with Gasteiger partial charge in [0, 0.05) is 10.9 Å². The summed E-state index contributed by atoms with van der Waals surface area (Å²) < 4.78 is 5.02. The highest BCUT2D eigenvalue weighted by atomic mass is 32.1. The maximum absolute atomic E-state index is 11.8. The second-order valence-corrected chi connectivity index (χ2v) is 6.69. The molecule has 4 nitrogen and oxygen atoms in total. The minimum absolute atomic E-state index is 0.307. The van der Waals surface area contributed by atoms with Crippen molar-refractivity contribution in [2.24, 2.45) is 11.8 Å². The van der Waals surface area contributed by atoms with E-state index in [-0.39, 0.29) is 5.97 Å². The molecule has 2 saturated carbocycles. The van der Waals surface area contributed by atoms with Crippen LogP contribution in [-0.2, 0) is 4.74 Å². The van der Waals surface area contributed by atoms with Crippen LogP contribution in [0.5, 0.6) is 0 Å². The smallest absolute Gasteiger partial charge is 0.358 e. The standard InChI is InChI=1S/C14H20N2O2S/c1-3-18-13(17)11-8(2)19-14(15-11)16-12(9-4-5-9)10-6-7-10/h9-10,12H,3-7H2,1-2H3,(H,15,16). The number of nitrogens with zero attached hydrogens (tertiary/aromatic N) is 1. The van der Waals surface area contributed by atoms with Gasteiger partial charge in [-0.1, -0.05) is 0 Å². The molecular formula is C14H20N2O2S. The summed E-state index contributed by atoms with van der Waals surface area (Å²) in [5, 5.41) is 4.44. The molecule has 0 radical (unpaired) electrons. The van der Waals surface area contributed by atoms with E-state index < -0.39 is 0 Å². The van der Waals surface area contributed by atoms with Crippen LogP contribution in [0.25, 0.3) is 0 Å². The molecule has 104 valence electrons. The molecule has 0 aromatic carbocycles. The number of ether oxygens (including phenoxy) is 1. The van der Waals surface area contributed by atoms with Crippen LogP contribution < -0.4 is 5.32 Å². The van der Waals surface area contributed by atoms with Crippen molar-refractivity contribution in [3.05, 3.63) is 10.6 Å². The number of nitrogens with one attached hydrogen (secondary N) is 1.